The van der Waals surface area contributed by atoms with Gasteiger partial charge in [-0.3, -0.25) is 0 Å². The number of hydrogen-bond donors (Lipinski definition) is 0. The topological polar surface area (TPSA) is 12.5 Å². The van der Waals surface area contributed by atoms with E-state index < -0.39 is 0 Å². The normalized spacial score (nSPS) is 16.2. The third-order valence-electron chi connectivity index (χ3n) is 2.50. The molecule has 80 valence electrons. The minimum Gasteiger partial charge on any atom is -0.383 e. The van der Waals surface area contributed by atoms with Gasteiger partial charge in [-0.1, -0.05) is 29.3 Å². The number of ether oxygens (including phenoxy) is 1. The van der Waals surface area contributed by atoms with Crippen LogP contribution in [-0.2, 0) is 4.74 Å². The molecule has 0 rings (SSSR count). The molecule has 0 bridgehead atoms. The third-order valence-corrected chi connectivity index (χ3v) is 3.42. The van der Waals surface area contributed by atoms with Gasteiger partial charge in [0, 0.05) is 25.0 Å². The summed E-state index contributed by atoms with van der Waals surface area (Å²) >= 11 is 3.53. The molecule has 0 spiro atoms. The Hall–Kier alpha value is 0.400. The molecule has 0 N–H and O–H groups in total. The highest BCUT2D eigenvalue weighted by Gasteiger charge is 2.13. The van der Waals surface area contributed by atoms with Gasteiger partial charge in [-0.15, -0.1) is 0 Å². The monoisotopic (exact) mass is 251 g/mol. The lowest BCUT2D eigenvalue weighted by atomic mass is 10.1. The Morgan fingerprint density at radius 3 is 2.46 bits per heavy atom. The van der Waals surface area contributed by atoms with Crippen LogP contribution in [0.25, 0.3) is 0 Å². The van der Waals surface area contributed by atoms with Crippen LogP contribution in [0, 0.1) is 5.92 Å². The van der Waals surface area contributed by atoms with Gasteiger partial charge in [0.15, 0.2) is 0 Å². The van der Waals surface area contributed by atoms with Crippen LogP contribution < -0.4 is 0 Å². The standard InChI is InChI=1S/C10H22BrNO/c1-5-10(6-11)7-12(3)9(2)8-13-4/h9-10H,5-8H2,1-4H3. The Morgan fingerprint density at radius 2 is 2.08 bits per heavy atom. The number of hydrogen-bond acceptors (Lipinski definition) is 2. The van der Waals surface area contributed by atoms with E-state index in [4.69, 9.17) is 4.74 Å². The molecule has 2 unspecified atom stereocenters. The van der Waals surface area contributed by atoms with E-state index in [1.54, 1.807) is 7.11 Å². The molecule has 0 heterocycles. The van der Waals surface area contributed by atoms with Crippen molar-refractivity contribution in [3.05, 3.63) is 0 Å². The summed E-state index contributed by atoms with van der Waals surface area (Å²) in [5.74, 6) is 0.754. The SMILES string of the molecule is CCC(CBr)CN(C)C(C)COC. The maximum Gasteiger partial charge on any atom is 0.0615 e. The van der Waals surface area contributed by atoms with Crippen LogP contribution in [0.3, 0.4) is 0 Å². The van der Waals surface area contributed by atoms with Crippen LogP contribution in [0.5, 0.6) is 0 Å². The minimum atomic E-state index is 0.512. The predicted octanol–water partition coefficient (Wildman–Crippen LogP) is 2.37. The lowest BCUT2D eigenvalue weighted by Gasteiger charge is -2.27. The molecular formula is C10H22BrNO. The summed E-state index contributed by atoms with van der Waals surface area (Å²) in [6, 6.07) is 0.512. The zero-order chi connectivity index (χ0) is 10.3. The van der Waals surface area contributed by atoms with Crippen molar-refractivity contribution in [3.63, 3.8) is 0 Å². The van der Waals surface area contributed by atoms with Gasteiger partial charge in [0.05, 0.1) is 6.61 Å². The Kier molecular flexibility index (Phi) is 8.01. The summed E-state index contributed by atoms with van der Waals surface area (Å²) in [6.07, 6.45) is 1.23. The molecule has 0 saturated carbocycles. The van der Waals surface area contributed by atoms with Crippen molar-refractivity contribution >= 4 is 15.9 Å². The Morgan fingerprint density at radius 1 is 1.46 bits per heavy atom. The lowest BCUT2D eigenvalue weighted by Crippen LogP contribution is -2.36. The summed E-state index contributed by atoms with van der Waals surface area (Å²) in [7, 11) is 3.92. The number of rotatable bonds is 7. The highest BCUT2D eigenvalue weighted by atomic mass is 79.9. The zero-order valence-corrected chi connectivity index (χ0v) is 10.8. The number of methoxy groups -OCH3 is 1. The van der Waals surface area contributed by atoms with Crippen molar-refractivity contribution in [1.82, 2.24) is 4.90 Å². The van der Waals surface area contributed by atoms with E-state index in [2.05, 4.69) is 41.7 Å². The summed E-state index contributed by atoms with van der Waals surface area (Å²) < 4.78 is 5.12. The van der Waals surface area contributed by atoms with E-state index in [0.717, 1.165) is 24.4 Å². The second-order valence-corrected chi connectivity index (χ2v) is 4.32. The quantitative estimate of drug-likeness (QED) is 0.645. The smallest absolute Gasteiger partial charge is 0.0615 e. The number of alkyl halides is 1. The molecule has 0 amide bonds. The van der Waals surface area contributed by atoms with Crippen LogP contribution in [-0.4, -0.2) is 43.6 Å². The molecule has 13 heavy (non-hydrogen) atoms. The van der Waals surface area contributed by atoms with Gasteiger partial charge in [0.25, 0.3) is 0 Å². The number of nitrogens with zero attached hydrogens (tertiary/aromatic N) is 1. The predicted molar refractivity (Wildman–Crippen MR) is 61.5 cm³/mol. The van der Waals surface area contributed by atoms with E-state index in [1.165, 1.54) is 6.42 Å². The summed E-state index contributed by atoms with van der Waals surface area (Å²) in [5, 5.41) is 1.09. The Bertz CT molecular complexity index is 117. The molecule has 2 atom stereocenters. The second-order valence-electron chi connectivity index (χ2n) is 3.67. The number of likely N-dealkylation sites (N-methyl/N-ethyl adjacent to an activating group) is 1. The molecular weight excluding hydrogens is 230 g/mol. The van der Waals surface area contributed by atoms with Gasteiger partial charge in [-0.25, -0.2) is 0 Å². The first-order chi connectivity index (χ1) is 6.15. The number of halogens is 1. The lowest BCUT2D eigenvalue weighted by molar-refractivity contribution is 0.107. The maximum absolute atomic E-state index is 5.12. The average Bonchev–Trinajstić information content (AvgIpc) is 2.14. The second kappa shape index (κ2) is 7.77. The van der Waals surface area contributed by atoms with E-state index in [0.29, 0.717) is 6.04 Å². The third kappa shape index (κ3) is 5.66. The van der Waals surface area contributed by atoms with Crippen molar-refractivity contribution in [2.45, 2.75) is 26.3 Å². The van der Waals surface area contributed by atoms with Crippen LogP contribution >= 0.6 is 15.9 Å². The fourth-order valence-corrected chi connectivity index (χ4v) is 1.91. The van der Waals surface area contributed by atoms with Crippen molar-refractivity contribution < 1.29 is 4.74 Å². The maximum atomic E-state index is 5.12. The molecule has 0 aromatic carbocycles. The average molecular weight is 252 g/mol. The fraction of sp³-hybridized carbons (Fsp3) is 1.00. The molecule has 0 aromatic rings. The van der Waals surface area contributed by atoms with Gasteiger partial charge in [-0.05, 0) is 19.9 Å². The van der Waals surface area contributed by atoms with Crippen LogP contribution in [0.15, 0.2) is 0 Å². The molecule has 0 aliphatic rings. The van der Waals surface area contributed by atoms with E-state index >= 15 is 0 Å². The molecule has 0 aliphatic carbocycles. The van der Waals surface area contributed by atoms with Crippen LogP contribution in [0.1, 0.15) is 20.3 Å². The molecule has 0 aliphatic heterocycles. The molecule has 3 heteroatoms. The summed E-state index contributed by atoms with van der Waals surface area (Å²) in [5.41, 5.74) is 0. The highest BCUT2D eigenvalue weighted by Crippen LogP contribution is 2.09. The highest BCUT2D eigenvalue weighted by molar-refractivity contribution is 9.09. The van der Waals surface area contributed by atoms with Gasteiger partial charge >= 0.3 is 0 Å². The van der Waals surface area contributed by atoms with Gasteiger partial charge in [-0.2, -0.15) is 0 Å². The first-order valence-electron chi connectivity index (χ1n) is 4.90. The molecule has 2 nitrogen and oxygen atoms in total. The zero-order valence-electron chi connectivity index (χ0n) is 9.22. The molecule has 0 saturated heterocycles. The van der Waals surface area contributed by atoms with E-state index in [-0.39, 0.29) is 0 Å². The molecule has 0 aromatic heterocycles. The van der Waals surface area contributed by atoms with Crippen molar-refractivity contribution in [1.29, 1.82) is 0 Å². The molecule has 0 fully saturated rings. The van der Waals surface area contributed by atoms with Crippen molar-refractivity contribution in [3.8, 4) is 0 Å². The van der Waals surface area contributed by atoms with E-state index in [1.807, 2.05) is 0 Å². The van der Waals surface area contributed by atoms with Crippen LogP contribution in [0.4, 0.5) is 0 Å². The van der Waals surface area contributed by atoms with Gasteiger partial charge in [0.1, 0.15) is 0 Å². The first kappa shape index (κ1) is 13.4. The van der Waals surface area contributed by atoms with Crippen molar-refractivity contribution in [2.24, 2.45) is 5.92 Å². The summed E-state index contributed by atoms with van der Waals surface area (Å²) in [6.45, 7) is 6.40. The fourth-order valence-electron chi connectivity index (χ4n) is 1.24. The van der Waals surface area contributed by atoms with Crippen LogP contribution in [0.2, 0.25) is 0 Å². The minimum absolute atomic E-state index is 0.512. The van der Waals surface area contributed by atoms with Gasteiger partial charge < -0.3 is 9.64 Å². The van der Waals surface area contributed by atoms with Gasteiger partial charge in [0.2, 0.25) is 0 Å². The van der Waals surface area contributed by atoms with Crippen molar-refractivity contribution in [2.75, 3.05) is 32.6 Å². The Balaban J connectivity index is 3.75. The summed E-state index contributed by atoms with van der Waals surface area (Å²) in [4.78, 5) is 2.36. The van der Waals surface area contributed by atoms with E-state index in [9.17, 15) is 0 Å². The Labute approximate surface area is 90.8 Å². The molecule has 0 radical (unpaired) electrons. The first-order valence-corrected chi connectivity index (χ1v) is 6.02. The largest absolute Gasteiger partial charge is 0.383 e.